The van der Waals surface area contributed by atoms with Gasteiger partial charge in [-0.2, -0.15) is 0 Å². The largest absolute Gasteiger partial charge is 0.292 e. The summed E-state index contributed by atoms with van der Waals surface area (Å²) in [6.45, 7) is 3.83. The van der Waals surface area contributed by atoms with Crippen molar-refractivity contribution in [1.82, 2.24) is 10.4 Å². The second-order valence-corrected chi connectivity index (χ2v) is 5.26. The van der Waals surface area contributed by atoms with E-state index in [0.717, 1.165) is 24.1 Å². The van der Waals surface area contributed by atoms with E-state index >= 15 is 0 Å². The fraction of sp³-hybridized carbons (Fsp3) is 0.462. The van der Waals surface area contributed by atoms with Crippen LogP contribution in [0.5, 0.6) is 0 Å². The van der Waals surface area contributed by atoms with Crippen molar-refractivity contribution in [3.63, 3.8) is 0 Å². The average molecular weight is 250 g/mol. The molecule has 1 aromatic carbocycles. The van der Waals surface area contributed by atoms with Crippen molar-refractivity contribution in [2.24, 2.45) is 5.92 Å². The summed E-state index contributed by atoms with van der Waals surface area (Å²) in [5.41, 5.74) is 3.30. The normalized spacial score (nSPS) is 25.9. The summed E-state index contributed by atoms with van der Waals surface area (Å²) in [4.78, 5) is 13.6. The molecule has 1 amide bonds. The highest BCUT2D eigenvalue weighted by molar-refractivity contribution is 5.93. The highest BCUT2D eigenvalue weighted by atomic mass is 19.1. The maximum Gasteiger partial charge on any atom is 0.274 e. The molecule has 2 atom stereocenters. The van der Waals surface area contributed by atoms with E-state index in [1.54, 1.807) is 6.07 Å². The van der Waals surface area contributed by atoms with E-state index < -0.39 is 5.91 Å². The molecule has 5 heteroatoms. The summed E-state index contributed by atoms with van der Waals surface area (Å²) in [6.07, 6.45) is 0.968. The Bertz CT molecular complexity index is 518. The average Bonchev–Trinajstić information content (AvgIpc) is 2.82. The van der Waals surface area contributed by atoms with Crippen molar-refractivity contribution in [2.75, 3.05) is 6.54 Å². The second kappa shape index (κ2) is 4.03. The predicted molar refractivity (Wildman–Crippen MR) is 62.6 cm³/mol. The molecule has 0 bridgehead atoms. The second-order valence-electron chi connectivity index (χ2n) is 5.26. The van der Waals surface area contributed by atoms with Crippen LogP contribution in [0.15, 0.2) is 12.1 Å². The Morgan fingerprint density at radius 2 is 2.33 bits per heavy atom. The molecule has 0 saturated carbocycles. The van der Waals surface area contributed by atoms with Crippen molar-refractivity contribution in [3.05, 3.63) is 34.6 Å². The zero-order chi connectivity index (χ0) is 12.9. The number of amides is 1. The van der Waals surface area contributed by atoms with Gasteiger partial charge >= 0.3 is 0 Å². The lowest BCUT2D eigenvalue weighted by Crippen LogP contribution is -2.19. The van der Waals surface area contributed by atoms with Gasteiger partial charge in [-0.25, -0.2) is 9.87 Å². The number of carbonyl (C=O) groups excluding carboxylic acids is 1. The molecule has 1 aromatic rings. The van der Waals surface area contributed by atoms with Gasteiger partial charge in [0.1, 0.15) is 5.82 Å². The number of hydrogen-bond acceptors (Lipinski definition) is 3. The molecule has 18 heavy (non-hydrogen) atoms. The summed E-state index contributed by atoms with van der Waals surface area (Å²) >= 11 is 0. The Labute approximate surface area is 104 Å². The van der Waals surface area contributed by atoms with E-state index in [2.05, 4.69) is 11.8 Å². The fourth-order valence-corrected chi connectivity index (χ4v) is 3.20. The van der Waals surface area contributed by atoms with Crippen molar-refractivity contribution in [2.45, 2.75) is 25.9 Å². The summed E-state index contributed by atoms with van der Waals surface area (Å²) < 4.78 is 14.1. The van der Waals surface area contributed by atoms with Crippen molar-refractivity contribution < 1.29 is 14.4 Å². The van der Waals surface area contributed by atoms with Gasteiger partial charge < -0.3 is 0 Å². The van der Waals surface area contributed by atoms with Crippen LogP contribution >= 0.6 is 0 Å². The van der Waals surface area contributed by atoms with E-state index in [0.29, 0.717) is 12.5 Å². The van der Waals surface area contributed by atoms with Gasteiger partial charge in [0.2, 0.25) is 0 Å². The minimum Gasteiger partial charge on any atom is -0.292 e. The Balaban J connectivity index is 2.02. The number of hydroxylamine groups is 1. The highest BCUT2D eigenvalue weighted by Gasteiger charge is 2.39. The van der Waals surface area contributed by atoms with Gasteiger partial charge in [-0.1, -0.05) is 6.92 Å². The molecule has 4 nitrogen and oxygen atoms in total. The molecule has 2 aliphatic heterocycles. The molecule has 3 rings (SSSR count). The smallest absolute Gasteiger partial charge is 0.274 e. The lowest BCUT2D eigenvalue weighted by atomic mass is 9.96. The summed E-state index contributed by atoms with van der Waals surface area (Å²) in [7, 11) is 0. The van der Waals surface area contributed by atoms with Gasteiger partial charge in [-0.15, -0.1) is 0 Å². The minimum atomic E-state index is -0.669. The van der Waals surface area contributed by atoms with E-state index in [4.69, 9.17) is 5.21 Å². The van der Waals surface area contributed by atoms with Gasteiger partial charge in [-0.3, -0.25) is 14.9 Å². The molecule has 0 spiro atoms. The van der Waals surface area contributed by atoms with Gasteiger partial charge in [-0.05, 0) is 30.0 Å². The third-order valence-corrected chi connectivity index (χ3v) is 3.90. The minimum absolute atomic E-state index is 0.154. The van der Waals surface area contributed by atoms with Gasteiger partial charge in [0.25, 0.3) is 5.91 Å². The monoisotopic (exact) mass is 250 g/mol. The van der Waals surface area contributed by atoms with Crippen LogP contribution in [-0.4, -0.2) is 22.6 Å². The fourth-order valence-electron chi connectivity index (χ4n) is 3.20. The van der Waals surface area contributed by atoms with Gasteiger partial charge in [0, 0.05) is 30.3 Å². The van der Waals surface area contributed by atoms with Crippen LogP contribution in [0.4, 0.5) is 4.39 Å². The van der Waals surface area contributed by atoms with E-state index in [1.165, 1.54) is 11.5 Å². The van der Waals surface area contributed by atoms with Gasteiger partial charge in [0.05, 0.1) is 0 Å². The molecule has 1 fully saturated rings. The van der Waals surface area contributed by atoms with Crippen LogP contribution in [0.25, 0.3) is 0 Å². The number of rotatable bonds is 1. The van der Waals surface area contributed by atoms with Gasteiger partial charge in [0.15, 0.2) is 0 Å². The van der Waals surface area contributed by atoms with E-state index in [-0.39, 0.29) is 17.4 Å². The van der Waals surface area contributed by atoms with E-state index in [1.807, 2.05) is 0 Å². The zero-order valence-electron chi connectivity index (χ0n) is 10.1. The molecule has 2 N–H and O–H groups in total. The van der Waals surface area contributed by atoms with Crippen LogP contribution in [0, 0.1) is 11.7 Å². The predicted octanol–water partition coefficient (Wildman–Crippen LogP) is 1.84. The number of hydrogen-bond donors (Lipinski definition) is 2. The number of fused-ring (bicyclic) bond motifs is 3. The Hall–Kier alpha value is -1.46. The van der Waals surface area contributed by atoms with Crippen molar-refractivity contribution in [1.29, 1.82) is 0 Å². The molecule has 0 aromatic heterocycles. The van der Waals surface area contributed by atoms with E-state index in [9.17, 15) is 9.18 Å². The third kappa shape index (κ3) is 1.62. The standard InChI is InChI=1S/C13H15FN2O2/c1-7-2-11-12-9(6-16(11)5-7)3-8(4-10(12)14)13(17)15-18/h3-4,7,11,18H,2,5-6H2,1H3,(H,15,17)/t7-,11+/m1/s1. The Morgan fingerprint density at radius 3 is 3.06 bits per heavy atom. The molecule has 0 aliphatic carbocycles. The van der Waals surface area contributed by atoms with Crippen LogP contribution < -0.4 is 5.48 Å². The molecule has 96 valence electrons. The SMILES string of the molecule is C[C@@H]1C[C@H]2c3c(F)cc(C(=O)NO)cc3CN2C1. The highest BCUT2D eigenvalue weighted by Crippen LogP contribution is 2.44. The van der Waals surface area contributed by atoms with Crippen molar-refractivity contribution in [3.8, 4) is 0 Å². The van der Waals surface area contributed by atoms with Crippen LogP contribution in [0.1, 0.15) is 40.9 Å². The first-order chi connectivity index (χ1) is 8.60. The first-order valence-electron chi connectivity index (χ1n) is 6.11. The zero-order valence-corrected chi connectivity index (χ0v) is 10.1. The summed E-state index contributed by atoms with van der Waals surface area (Å²) in [6, 6.07) is 3.03. The molecule has 2 heterocycles. The number of nitrogens with zero attached hydrogens (tertiary/aromatic N) is 1. The molecule has 0 radical (unpaired) electrons. The topological polar surface area (TPSA) is 52.6 Å². The number of halogens is 1. The lowest BCUT2D eigenvalue weighted by molar-refractivity contribution is 0.0706. The summed E-state index contributed by atoms with van der Waals surface area (Å²) in [5.74, 6) is -0.423. The number of carbonyl (C=O) groups is 1. The first kappa shape index (κ1) is 11.6. The molecule has 0 unspecified atom stereocenters. The first-order valence-corrected chi connectivity index (χ1v) is 6.11. The molecule has 2 aliphatic rings. The Kier molecular flexibility index (Phi) is 2.60. The maximum absolute atomic E-state index is 14.1. The maximum atomic E-state index is 14.1. The number of benzene rings is 1. The molecular weight excluding hydrogens is 235 g/mol. The Morgan fingerprint density at radius 1 is 1.56 bits per heavy atom. The quantitative estimate of drug-likeness (QED) is 0.590. The van der Waals surface area contributed by atoms with Crippen LogP contribution in [-0.2, 0) is 6.54 Å². The third-order valence-electron chi connectivity index (χ3n) is 3.90. The lowest BCUT2D eigenvalue weighted by Gasteiger charge is -2.14. The van der Waals surface area contributed by atoms with Crippen LogP contribution in [0.2, 0.25) is 0 Å². The molecular formula is C13H15FN2O2. The molecule has 1 saturated heterocycles. The number of nitrogens with one attached hydrogen (secondary N) is 1. The van der Waals surface area contributed by atoms with Crippen molar-refractivity contribution >= 4 is 5.91 Å². The summed E-state index contributed by atoms with van der Waals surface area (Å²) in [5, 5.41) is 8.59. The van der Waals surface area contributed by atoms with Crippen LogP contribution in [0.3, 0.4) is 0 Å².